The number of nitrogens with one attached hydrogen (secondary N) is 1. The van der Waals surface area contributed by atoms with Gasteiger partial charge in [-0.2, -0.15) is 0 Å². The Morgan fingerprint density at radius 1 is 1.28 bits per heavy atom. The van der Waals surface area contributed by atoms with Crippen molar-refractivity contribution in [3.05, 3.63) is 53.0 Å². The Bertz CT molecular complexity index is 872. The summed E-state index contributed by atoms with van der Waals surface area (Å²) in [5.41, 5.74) is 1.99. The van der Waals surface area contributed by atoms with Crippen LogP contribution < -0.4 is 5.32 Å². The number of aliphatic hydroxyl groups is 1. The molecule has 0 saturated carbocycles. The molecular formula is C22H28N2O5. The van der Waals surface area contributed by atoms with Crippen LogP contribution in [0.3, 0.4) is 0 Å². The molecule has 0 bridgehead atoms. The lowest BCUT2D eigenvalue weighted by Gasteiger charge is -2.41. The fourth-order valence-corrected chi connectivity index (χ4v) is 3.66. The first-order valence-electron chi connectivity index (χ1n) is 9.80. The molecule has 1 aromatic carbocycles. The molecule has 3 rings (SSSR count). The maximum atomic E-state index is 12.4. The molecule has 0 spiro atoms. The molecule has 2 aromatic rings. The van der Waals surface area contributed by atoms with Crippen molar-refractivity contribution < 1.29 is 23.8 Å². The second kappa shape index (κ2) is 8.80. The molecule has 2 atom stereocenters. The molecule has 1 aromatic heterocycles. The summed E-state index contributed by atoms with van der Waals surface area (Å²) in [6.45, 7) is 8.01. The number of furan rings is 1. The van der Waals surface area contributed by atoms with Gasteiger partial charge < -0.3 is 24.5 Å². The van der Waals surface area contributed by atoms with Crippen molar-refractivity contribution in [3.63, 3.8) is 0 Å². The van der Waals surface area contributed by atoms with Gasteiger partial charge in [-0.05, 0) is 43.5 Å². The van der Waals surface area contributed by atoms with Crippen LogP contribution >= 0.6 is 0 Å². The third kappa shape index (κ3) is 4.68. The number of amides is 2. The van der Waals surface area contributed by atoms with E-state index in [0.29, 0.717) is 35.2 Å². The zero-order valence-electron chi connectivity index (χ0n) is 17.3. The van der Waals surface area contributed by atoms with Gasteiger partial charge in [0.25, 0.3) is 5.91 Å². The molecule has 1 fully saturated rings. The summed E-state index contributed by atoms with van der Waals surface area (Å²) >= 11 is 0. The van der Waals surface area contributed by atoms with Crippen LogP contribution in [-0.4, -0.2) is 47.6 Å². The van der Waals surface area contributed by atoms with E-state index in [-0.39, 0.29) is 25.0 Å². The average Bonchev–Trinajstić information content (AvgIpc) is 3.02. The van der Waals surface area contributed by atoms with Crippen LogP contribution in [0.5, 0.6) is 0 Å². The largest absolute Gasteiger partial charge is 0.466 e. The summed E-state index contributed by atoms with van der Waals surface area (Å²) in [5, 5.41) is 12.8. The van der Waals surface area contributed by atoms with E-state index in [2.05, 4.69) is 5.32 Å². The van der Waals surface area contributed by atoms with Crippen LogP contribution in [0, 0.1) is 19.8 Å². The summed E-state index contributed by atoms with van der Waals surface area (Å²) in [7, 11) is 0. The Morgan fingerprint density at radius 3 is 2.52 bits per heavy atom. The quantitative estimate of drug-likeness (QED) is 0.778. The summed E-state index contributed by atoms with van der Waals surface area (Å²) in [4.78, 5) is 26.4. The lowest BCUT2D eigenvalue weighted by molar-refractivity contribution is -0.161. The highest BCUT2D eigenvalue weighted by Crippen LogP contribution is 2.30. The Labute approximate surface area is 170 Å². The van der Waals surface area contributed by atoms with E-state index in [1.807, 2.05) is 26.0 Å². The summed E-state index contributed by atoms with van der Waals surface area (Å²) in [5.74, 6) is 1.21. The first-order chi connectivity index (χ1) is 13.8. The van der Waals surface area contributed by atoms with Crippen LogP contribution in [0.1, 0.15) is 47.4 Å². The molecule has 0 radical (unpaired) electrons. The lowest BCUT2D eigenvalue weighted by Crippen LogP contribution is -2.53. The number of benzene rings is 1. The first-order valence-corrected chi connectivity index (χ1v) is 9.80. The normalized spacial score (nSPS) is 19.7. The van der Waals surface area contributed by atoms with Gasteiger partial charge >= 0.3 is 0 Å². The standard InChI is InChI=1S/C22H28N2O5/c1-13(2)10-24-19(11-25)21(28-12-20(24)26)16-5-7-17(8-6-16)23-22(27)18-9-14(3)29-15(18)4/h5-9,13,19,21,25H,10-12H2,1-4H3,(H,23,27)/t19-,21-/m1/s1. The van der Waals surface area contributed by atoms with Gasteiger partial charge in [0.15, 0.2) is 0 Å². The van der Waals surface area contributed by atoms with Gasteiger partial charge in [-0.3, -0.25) is 9.59 Å². The molecule has 2 N–H and O–H groups in total. The van der Waals surface area contributed by atoms with Crippen molar-refractivity contribution >= 4 is 17.5 Å². The smallest absolute Gasteiger partial charge is 0.259 e. The minimum atomic E-state index is -0.435. The van der Waals surface area contributed by atoms with E-state index < -0.39 is 12.1 Å². The van der Waals surface area contributed by atoms with E-state index in [1.54, 1.807) is 36.9 Å². The molecule has 0 unspecified atom stereocenters. The minimum Gasteiger partial charge on any atom is -0.466 e. The number of aliphatic hydroxyl groups excluding tert-OH is 1. The van der Waals surface area contributed by atoms with E-state index in [4.69, 9.17) is 9.15 Å². The number of rotatable bonds is 6. The number of morpholine rings is 1. The van der Waals surface area contributed by atoms with Gasteiger partial charge in [0.2, 0.25) is 5.91 Å². The van der Waals surface area contributed by atoms with E-state index >= 15 is 0 Å². The summed E-state index contributed by atoms with van der Waals surface area (Å²) < 4.78 is 11.2. The van der Waals surface area contributed by atoms with E-state index in [9.17, 15) is 14.7 Å². The fraction of sp³-hybridized carbons (Fsp3) is 0.455. The Balaban J connectivity index is 1.74. The molecule has 29 heavy (non-hydrogen) atoms. The van der Waals surface area contributed by atoms with Crippen molar-refractivity contribution in [2.75, 3.05) is 25.1 Å². The van der Waals surface area contributed by atoms with Gasteiger partial charge in [0, 0.05) is 12.2 Å². The van der Waals surface area contributed by atoms with Crippen molar-refractivity contribution in [2.45, 2.75) is 39.8 Å². The van der Waals surface area contributed by atoms with Gasteiger partial charge in [-0.1, -0.05) is 26.0 Å². The average molecular weight is 400 g/mol. The topological polar surface area (TPSA) is 92.0 Å². The Kier molecular flexibility index (Phi) is 6.39. The number of ether oxygens (including phenoxy) is 1. The van der Waals surface area contributed by atoms with Crippen molar-refractivity contribution in [1.82, 2.24) is 4.90 Å². The number of nitrogens with zero attached hydrogens (tertiary/aromatic N) is 1. The predicted octanol–water partition coefficient (Wildman–Crippen LogP) is 3.07. The van der Waals surface area contributed by atoms with Crippen LogP contribution in [0.2, 0.25) is 0 Å². The molecular weight excluding hydrogens is 372 g/mol. The molecule has 2 amide bonds. The number of hydrogen-bond acceptors (Lipinski definition) is 5. The molecule has 156 valence electrons. The fourth-order valence-electron chi connectivity index (χ4n) is 3.66. The zero-order valence-corrected chi connectivity index (χ0v) is 17.3. The number of hydrogen-bond donors (Lipinski definition) is 2. The number of carbonyl (C=O) groups excluding carboxylic acids is 2. The zero-order chi connectivity index (χ0) is 21.1. The maximum absolute atomic E-state index is 12.4. The number of aryl methyl sites for hydroxylation is 2. The predicted molar refractivity (Wildman–Crippen MR) is 109 cm³/mol. The molecule has 2 heterocycles. The third-order valence-electron chi connectivity index (χ3n) is 4.99. The van der Waals surface area contributed by atoms with Crippen molar-refractivity contribution in [2.24, 2.45) is 5.92 Å². The highest BCUT2D eigenvalue weighted by Gasteiger charge is 2.37. The SMILES string of the molecule is Cc1cc(C(=O)Nc2ccc([C@H]3OCC(=O)N(CC(C)C)[C@@H]3CO)cc2)c(C)o1. The van der Waals surface area contributed by atoms with Crippen LogP contribution in [0.4, 0.5) is 5.69 Å². The van der Waals surface area contributed by atoms with E-state index in [0.717, 1.165) is 5.56 Å². The minimum absolute atomic E-state index is 0.00844. The lowest BCUT2D eigenvalue weighted by atomic mass is 9.98. The van der Waals surface area contributed by atoms with Gasteiger partial charge in [-0.25, -0.2) is 0 Å². The molecule has 0 aliphatic carbocycles. The first kappa shape index (κ1) is 21.1. The second-order valence-corrected chi connectivity index (χ2v) is 7.82. The molecule has 1 saturated heterocycles. The third-order valence-corrected chi connectivity index (χ3v) is 4.99. The van der Waals surface area contributed by atoms with Crippen LogP contribution in [0.25, 0.3) is 0 Å². The van der Waals surface area contributed by atoms with Gasteiger partial charge in [0.1, 0.15) is 24.2 Å². The maximum Gasteiger partial charge on any atom is 0.259 e. The molecule has 1 aliphatic heterocycles. The highest BCUT2D eigenvalue weighted by molar-refractivity contribution is 6.05. The van der Waals surface area contributed by atoms with Crippen molar-refractivity contribution in [1.29, 1.82) is 0 Å². The molecule has 7 nitrogen and oxygen atoms in total. The van der Waals surface area contributed by atoms with Crippen LogP contribution in [-0.2, 0) is 9.53 Å². The molecule has 1 aliphatic rings. The summed E-state index contributed by atoms with van der Waals surface area (Å²) in [6.07, 6.45) is -0.417. The van der Waals surface area contributed by atoms with Gasteiger partial charge in [-0.15, -0.1) is 0 Å². The summed E-state index contributed by atoms with van der Waals surface area (Å²) in [6, 6.07) is 8.55. The highest BCUT2D eigenvalue weighted by atomic mass is 16.5. The number of anilines is 1. The Morgan fingerprint density at radius 2 is 1.97 bits per heavy atom. The van der Waals surface area contributed by atoms with E-state index in [1.165, 1.54) is 0 Å². The Hall–Kier alpha value is -2.64. The van der Waals surface area contributed by atoms with Crippen molar-refractivity contribution in [3.8, 4) is 0 Å². The monoisotopic (exact) mass is 400 g/mol. The van der Waals surface area contributed by atoms with Gasteiger partial charge in [0.05, 0.1) is 18.2 Å². The molecule has 7 heteroatoms. The second-order valence-electron chi connectivity index (χ2n) is 7.82. The number of carbonyl (C=O) groups is 2. The van der Waals surface area contributed by atoms with Crippen LogP contribution in [0.15, 0.2) is 34.7 Å².